The Morgan fingerprint density at radius 3 is 2.63 bits per heavy atom. The standard InChI is InChI=1S/C20H27FN4OS/c1-14(2)12-25-19(16-6-4-5-7-17(16)21)22-23-20(25)27-13-18(26)24-10-8-15(3)9-11-24/h4-7,14-15H,8-13H2,1-3H3. The van der Waals surface area contributed by atoms with Crippen LogP contribution in [0.4, 0.5) is 4.39 Å². The summed E-state index contributed by atoms with van der Waals surface area (Å²) in [7, 11) is 0. The normalized spacial score (nSPS) is 15.5. The first-order chi connectivity index (χ1) is 13.0. The lowest BCUT2D eigenvalue weighted by atomic mass is 9.99. The summed E-state index contributed by atoms with van der Waals surface area (Å²) in [5, 5.41) is 9.15. The van der Waals surface area contributed by atoms with Gasteiger partial charge in [0.2, 0.25) is 5.91 Å². The zero-order valence-corrected chi connectivity index (χ0v) is 17.0. The molecule has 1 saturated heterocycles. The van der Waals surface area contributed by atoms with E-state index in [2.05, 4.69) is 31.0 Å². The van der Waals surface area contributed by atoms with Crippen LogP contribution < -0.4 is 0 Å². The van der Waals surface area contributed by atoms with Gasteiger partial charge in [0.05, 0.1) is 11.3 Å². The molecule has 0 saturated carbocycles. The van der Waals surface area contributed by atoms with Gasteiger partial charge in [-0.1, -0.05) is 44.7 Å². The van der Waals surface area contributed by atoms with Crippen LogP contribution in [0.5, 0.6) is 0 Å². The van der Waals surface area contributed by atoms with E-state index in [-0.39, 0.29) is 11.7 Å². The number of carbonyl (C=O) groups is 1. The minimum Gasteiger partial charge on any atom is -0.342 e. The lowest BCUT2D eigenvalue weighted by Gasteiger charge is -2.30. The third kappa shape index (κ3) is 4.89. The Morgan fingerprint density at radius 2 is 1.96 bits per heavy atom. The molecular weight excluding hydrogens is 363 g/mol. The number of amides is 1. The molecule has 1 aromatic carbocycles. The van der Waals surface area contributed by atoms with Crippen LogP contribution in [0.2, 0.25) is 0 Å². The molecule has 2 aromatic rings. The number of nitrogens with zero attached hydrogens (tertiary/aromatic N) is 4. The third-order valence-corrected chi connectivity index (χ3v) is 5.79. The fraction of sp³-hybridized carbons (Fsp3) is 0.550. The lowest BCUT2D eigenvalue weighted by molar-refractivity contribution is -0.129. The Kier molecular flexibility index (Phi) is 6.52. The van der Waals surface area contributed by atoms with Gasteiger partial charge in [-0.2, -0.15) is 0 Å². The quantitative estimate of drug-likeness (QED) is 0.697. The van der Waals surface area contributed by atoms with E-state index in [4.69, 9.17) is 0 Å². The molecule has 1 fully saturated rings. The van der Waals surface area contributed by atoms with Crippen molar-refractivity contribution < 1.29 is 9.18 Å². The van der Waals surface area contributed by atoms with Crippen molar-refractivity contribution in [2.45, 2.75) is 45.3 Å². The zero-order valence-electron chi connectivity index (χ0n) is 16.2. The highest BCUT2D eigenvalue weighted by Crippen LogP contribution is 2.27. The Balaban J connectivity index is 1.75. The Hall–Kier alpha value is -1.89. The topological polar surface area (TPSA) is 51.0 Å². The molecule has 146 valence electrons. The average molecular weight is 391 g/mol. The number of hydrogen-bond donors (Lipinski definition) is 0. The molecule has 3 rings (SSSR count). The molecule has 1 aliphatic heterocycles. The Bertz CT molecular complexity index is 784. The summed E-state index contributed by atoms with van der Waals surface area (Å²) < 4.78 is 16.2. The Morgan fingerprint density at radius 1 is 1.26 bits per heavy atom. The smallest absolute Gasteiger partial charge is 0.233 e. The van der Waals surface area contributed by atoms with Gasteiger partial charge in [-0.05, 0) is 36.8 Å². The van der Waals surface area contributed by atoms with Gasteiger partial charge in [0.15, 0.2) is 11.0 Å². The van der Waals surface area contributed by atoms with Crippen LogP contribution in [0.25, 0.3) is 11.4 Å². The summed E-state index contributed by atoms with van der Waals surface area (Å²) in [6.45, 7) is 8.77. The summed E-state index contributed by atoms with van der Waals surface area (Å²) in [5.74, 6) is 1.72. The molecule has 1 aromatic heterocycles. The molecule has 0 unspecified atom stereocenters. The van der Waals surface area contributed by atoms with Crippen molar-refractivity contribution in [3.8, 4) is 11.4 Å². The van der Waals surface area contributed by atoms with E-state index in [1.54, 1.807) is 18.2 Å². The molecule has 0 N–H and O–H groups in total. The SMILES string of the molecule is CC(C)Cn1c(SCC(=O)N2CCC(C)CC2)nnc1-c1ccccc1F. The van der Waals surface area contributed by atoms with Crippen LogP contribution >= 0.6 is 11.8 Å². The van der Waals surface area contributed by atoms with Crippen LogP contribution in [0.1, 0.15) is 33.6 Å². The zero-order chi connectivity index (χ0) is 19.4. The van der Waals surface area contributed by atoms with Gasteiger partial charge in [0.1, 0.15) is 5.82 Å². The fourth-order valence-electron chi connectivity index (χ4n) is 3.24. The maximum absolute atomic E-state index is 14.2. The van der Waals surface area contributed by atoms with Gasteiger partial charge < -0.3 is 9.47 Å². The van der Waals surface area contributed by atoms with Gasteiger partial charge in [-0.15, -0.1) is 10.2 Å². The monoisotopic (exact) mass is 390 g/mol. The minimum absolute atomic E-state index is 0.137. The minimum atomic E-state index is -0.315. The van der Waals surface area contributed by atoms with E-state index in [1.807, 2.05) is 9.47 Å². The number of carbonyl (C=O) groups excluding carboxylic acids is 1. The van der Waals surface area contributed by atoms with Crippen LogP contribution in [0.15, 0.2) is 29.4 Å². The molecule has 27 heavy (non-hydrogen) atoms. The number of likely N-dealkylation sites (tertiary alicyclic amines) is 1. The predicted octanol–water partition coefficient (Wildman–Crippen LogP) is 4.09. The van der Waals surface area contributed by atoms with Crippen LogP contribution in [0.3, 0.4) is 0 Å². The summed E-state index contributed by atoms with van der Waals surface area (Å²) in [6.07, 6.45) is 2.13. The van der Waals surface area contributed by atoms with E-state index in [1.165, 1.54) is 17.8 Å². The van der Waals surface area contributed by atoms with Crippen molar-refractivity contribution in [2.24, 2.45) is 11.8 Å². The third-order valence-electron chi connectivity index (χ3n) is 4.84. The summed E-state index contributed by atoms with van der Waals surface area (Å²) >= 11 is 1.39. The van der Waals surface area contributed by atoms with Crippen molar-refractivity contribution in [1.29, 1.82) is 0 Å². The summed E-state index contributed by atoms with van der Waals surface area (Å²) in [5.41, 5.74) is 0.439. The first-order valence-electron chi connectivity index (χ1n) is 9.54. The molecule has 1 aliphatic rings. The van der Waals surface area contributed by atoms with Crippen LogP contribution in [0, 0.1) is 17.7 Å². The van der Waals surface area contributed by atoms with E-state index in [9.17, 15) is 9.18 Å². The first-order valence-corrected chi connectivity index (χ1v) is 10.5. The summed E-state index contributed by atoms with van der Waals surface area (Å²) in [6, 6.07) is 6.60. The molecule has 0 spiro atoms. The van der Waals surface area contributed by atoms with E-state index >= 15 is 0 Å². The van der Waals surface area contributed by atoms with Gasteiger partial charge in [0, 0.05) is 19.6 Å². The number of halogens is 1. The second-order valence-corrected chi connectivity index (χ2v) is 8.58. The molecule has 7 heteroatoms. The number of thioether (sulfide) groups is 1. The number of hydrogen-bond acceptors (Lipinski definition) is 4. The molecular formula is C20H27FN4OS. The highest BCUT2D eigenvalue weighted by Gasteiger charge is 2.22. The van der Waals surface area contributed by atoms with Gasteiger partial charge in [0.25, 0.3) is 0 Å². The molecule has 5 nitrogen and oxygen atoms in total. The van der Waals surface area contributed by atoms with Gasteiger partial charge >= 0.3 is 0 Å². The van der Waals surface area contributed by atoms with Crippen molar-refractivity contribution in [1.82, 2.24) is 19.7 Å². The first kappa shape index (κ1) is 19.9. The van der Waals surface area contributed by atoms with Crippen molar-refractivity contribution in [3.63, 3.8) is 0 Å². The van der Waals surface area contributed by atoms with Crippen LogP contribution in [-0.4, -0.2) is 44.4 Å². The largest absolute Gasteiger partial charge is 0.342 e. The lowest BCUT2D eigenvalue weighted by Crippen LogP contribution is -2.38. The molecule has 0 bridgehead atoms. The van der Waals surface area contributed by atoms with E-state index in [0.29, 0.717) is 40.7 Å². The molecule has 2 heterocycles. The van der Waals surface area contributed by atoms with E-state index < -0.39 is 0 Å². The second kappa shape index (κ2) is 8.87. The maximum atomic E-state index is 14.2. The second-order valence-electron chi connectivity index (χ2n) is 7.64. The Labute approximate surface area is 164 Å². The van der Waals surface area contributed by atoms with Crippen molar-refractivity contribution in [2.75, 3.05) is 18.8 Å². The average Bonchev–Trinajstić information content (AvgIpc) is 3.02. The molecule has 1 amide bonds. The molecule has 0 radical (unpaired) electrons. The number of aromatic nitrogens is 3. The van der Waals surface area contributed by atoms with Crippen molar-refractivity contribution >= 4 is 17.7 Å². The number of piperidine rings is 1. The van der Waals surface area contributed by atoms with Crippen LogP contribution in [-0.2, 0) is 11.3 Å². The highest BCUT2D eigenvalue weighted by atomic mass is 32.2. The number of rotatable bonds is 6. The van der Waals surface area contributed by atoms with Gasteiger partial charge in [-0.25, -0.2) is 4.39 Å². The van der Waals surface area contributed by atoms with E-state index in [0.717, 1.165) is 25.9 Å². The maximum Gasteiger partial charge on any atom is 0.233 e. The number of benzene rings is 1. The van der Waals surface area contributed by atoms with Crippen molar-refractivity contribution in [3.05, 3.63) is 30.1 Å². The highest BCUT2D eigenvalue weighted by molar-refractivity contribution is 7.99. The fourth-order valence-corrected chi connectivity index (χ4v) is 4.09. The molecule has 0 atom stereocenters. The van der Waals surface area contributed by atoms with Gasteiger partial charge in [-0.3, -0.25) is 4.79 Å². The summed E-state index contributed by atoms with van der Waals surface area (Å²) in [4.78, 5) is 14.5. The predicted molar refractivity (Wildman–Crippen MR) is 106 cm³/mol. The molecule has 0 aliphatic carbocycles.